The van der Waals surface area contributed by atoms with E-state index >= 15 is 0 Å². The smallest absolute Gasteiger partial charge is 0.0897 e. The number of hydrogen-bond acceptors (Lipinski definition) is 4. The van der Waals surface area contributed by atoms with Gasteiger partial charge < -0.3 is 15.2 Å². The quantitative estimate of drug-likeness (QED) is 0.810. The fourth-order valence-corrected chi connectivity index (χ4v) is 2.90. The maximum atomic E-state index is 10.0. The normalized spacial score (nSPS) is 24.0. The molecule has 1 aliphatic rings. The van der Waals surface area contributed by atoms with Crippen LogP contribution >= 0.6 is 0 Å². The van der Waals surface area contributed by atoms with Crippen LogP contribution in [0.1, 0.15) is 43.7 Å². The van der Waals surface area contributed by atoms with E-state index in [4.69, 9.17) is 4.74 Å². The van der Waals surface area contributed by atoms with Gasteiger partial charge in [-0.05, 0) is 42.9 Å². The Morgan fingerprint density at radius 3 is 3.00 bits per heavy atom. The Hall–Kier alpha value is -0.970. The Labute approximate surface area is 127 Å². The van der Waals surface area contributed by atoms with Crippen molar-refractivity contribution in [1.82, 2.24) is 10.3 Å². The number of aliphatic hydroxyl groups excluding tert-OH is 1. The van der Waals surface area contributed by atoms with Crippen molar-refractivity contribution >= 4 is 0 Å². The molecule has 0 bridgehead atoms. The fraction of sp³-hybridized carbons (Fsp3) is 0.706. The predicted molar refractivity (Wildman–Crippen MR) is 84.1 cm³/mol. The maximum absolute atomic E-state index is 10.0. The molecule has 4 heteroatoms. The molecule has 118 valence electrons. The molecular formula is C17H28N2O2. The molecule has 1 fully saturated rings. The summed E-state index contributed by atoms with van der Waals surface area (Å²) in [5.41, 5.74) is 2.39. The van der Waals surface area contributed by atoms with Crippen molar-refractivity contribution in [2.75, 3.05) is 13.2 Å². The van der Waals surface area contributed by atoms with Gasteiger partial charge in [0.2, 0.25) is 0 Å². The molecule has 2 N–H and O–H groups in total. The van der Waals surface area contributed by atoms with E-state index in [0.29, 0.717) is 25.2 Å². The zero-order chi connectivity index (χ0) is 15.1. The lowest BCUT2D eigenvalue weighted by Gasteiger charge is -2.29. The second-order valence-corrected chi connectivity index (χ2v) is 6.22. The number of aliphatic hydroxyl groups is 1. The average molecular weight is 292 g/mol. The third kappa shape index (κ3) is 5.38. The summed E-state index contributed by atoms with van der Waals surface area (Å²) in [6.07, 6.45) is 8.51. The van der Waals surface area contributed by atoms with Crippen molar-refractivity contribution in [3.05, 3.63) is 29.6 Å². The lowest BCUT2D eigenvalue weighted by Crippen LogP contribution is -2.34. The first-order chi connectivity index (χ1) is 10.2. The SMILES string of the molecule is Cc1cnccc1CNCC(O)COC1CCCCC1C. The zero-order valence-corrected chi connectivity index (χ0v) is 13.2. The van der Waals surface area contributed by atoms with Crippen molar-refractivity contribution in [2.24, 2.45) is 5.92 Å². The second kappa shape index (κ2) is 8.47. The largest absolute Gasteiger partial charge is 0.389 e. The van der Waals surface area contributed by atoms with Gasteiger partial charge in [-0.2, -0.15) is 0 Å². The van der Waals surface area contributed by atoms with Crippen molar-refractivity contribution in [3.63, 3.8) is 0 Å². The van der Waals surface area contributed by atoms with Crippen LogP contribution in [0.4, 0.5) is 0 Å². The molecule has 0 aromatic carbocycles. The first-order valence-corrected chi connectivity index (χ1v) is 8.06. The molecule has 1 aromatic rings. The summed E-state index contributed by atoms with van der Waals surface area (Å²) in [4.78, 5) is 4.08. The van der Waals surface area contributed by atoms with Crippen molar-refractivity contribution in [3.8, 4) is 0 Å². The molecule has 1 aromatic heterocycles. The van der Waals surface area contributed by atoms with Crippen LogP contribution in [-0.4, -0.2) is 35.5 Å². The fourth-order valence-electron chi connectivity index (χ4n) is 2.90. The Balaban J connectivity index is 1.63. The summed E-state index contributed by atoms with van der Waals surface area (Å²) in [7, 11) is 0. The lowest BCUT2D eigenvalue weighted by molar-refractivity contribution is -0.0452. The molecule has 2 rings (SSSR count). The molecule has 21 heavy (non-hydrogen) atoms. The van der Waals surface area contributed by atoms with Crippen LogP contribution in [-0.2, 0) is 11.3 Å². The summed E-state index contributed by atoms with van der Waals surface area (Å²) in [6.45, 7) is 6.04. The van der Waals surface area contributed by atoms with E-state index in [9.17, 15) is 5.11 Å². The molecule has 1 aliphatic carbocycles. The summed E-state index contributed by atoms with van der Waals surface area (Å²) in [5.74, 6) is 0.623. The first-order valence-electron chi connectivity index (χ1n) is 8.06. The molecule has 0 spiro atoms. The van der Waals surface area contributed by atoms with Gasteiger partial charge in [0.25, 0.3) is 0 Å². The van der Waals surface area contributed by atoms with Gasteiger partial charge in [-0.25, -0.2) is 0 Å². The van der Waals surface area contributed by atoms with Gasteiger partial charge in [0.1, 0.15) is 0 Å². The highest BCUT2D eigenvalue weighted by molar-refractivity contribution is 5.21. The number of nitrogens with one attached hydrogen (secondary N) is 1. The van der Waals surface area contributed by atoms with Crippen molar-refractivity contribution < 1.29 is 9.84 Å². The Morgan fingerprint density at radius 1 is 1.43 bits per heavy atom. The third-order valence-corrected chi connectivity index (χ3v) is 4.37. The predicted octanol–water partition coefficient (Wildman–Crippen LogP) is 2.44. The molecule has 4 nitrogen and oxygen atoms in total. The van der Waals surface area contributed by atoms with Crippen LogP contribution in [0.5, 0.6) is 0 Å². The summed E-state index contributed by atoms with van der Waals surface area (Å²) in [5, 5.41) is 13.3. The molecule has 3 unspecified atom stereocenters. The van der Waals surface area contributed by atoms with E-state index in [1.807, 2.05) is 19.2 Å². The zero-order valence-electron chi connectivity index (χ0n) is 13.2. The molecule has 0 saturated heterocycles. The highest BCUT2D eigenvalue weighted by atomic mass is 16.5. The standard InChI is InChI=1S/C17H28N2O2/c1-13-5-3-4-6-17(13)21-12-16(20)11-19-10-15-7-8-18-9-14(15)2/h7-9,13,16-17,19-20H,3-6,10-12H2,1-2H3. The van der Waals surface area contributed by atoms with Crippen LogP contribution in [0.2, 0.25) is 0 Å². The summed E-state index contributed by atoms with van der Waals surface area (Å²) < 4.78 is 5.88. The van der Waals surface area contributed by atoms with Gasteiger partial charge in [0.05, 0.1) is 18.8 Å². The number of aromatic nitrogens is 1. The highest BCUT2D eigenvalue weighted by Gasteiger charge is 2.22. The van der Waals surface area contributed by atoms with Crippen LogP contribution < -0.4 is 5.32 Å². The molecule has 3 atom stereocenters. The molecular weight excluding hydrogens is 264 g/mol. The van der Waals surface area contributed by atoms with Crippen molar-refractivity contribution in [1.29, 1.82) is 0 Å². The van der Waals surface area contributed by atoms with Crippen LogP contribution in [0, 0.1) is 12.8 Å². The lowest BCUT2D eigenvalue weighted by atomic mass is 9.88. The van der Waals surface area contributed by atoms with Crippen LogP contribution in [0.15, 0.2) is 18.5 Å². The summed E-state index contributed by atoms with van der Waals surface area (Å²) in [6, 6.07) is 2.01. The minimum absolute atomic E-state index is 0.329. The molecule has 0 radical (unpaired) electrons. The Morgan fingerprint density at radius 2 is 2.24 bits per heavy atom. The topological polar surface area (TPSA) is 54.4 Å². The monoisotopic (exact) mass is 292 g/mol. The van der Waals surface area contributed by atoms with E-state index in [1.54, 1.807) is 6.20 Å². The van der Waals surface area contributed by atoms with Gasteiger partial charge in [0, 0.05) is 25.5 Å². The Bertz CT molecular complexity index is 425. The van der Waals surface area contributed by atoms with Crippen molar-refractivity contribution in [2.45, 2.75) is 58.3 Å². The maximum Gasteiger partial charge on any atom is 0.0897 e. The number of nitrogens with zero attached hydrogens (tertiary/aromatic N) is 1. The van der Waals surface area contributed by atoms with Gasteiger partial charge in [-0.15, -0.1) is 0 Å². The average Bonchev–Trinajstić information content (AvgIpc) is 2.48. The van der Waals surface area contributed by atoms with Gasteiger partial charge in [-0.3, -0.25) is 4.98 Å². The van der Waals surface area contributed by atoms with Gasteiger partial charge in [-0.1, -0.05) is 19.8 Å². The van der Waals surface area contributed by atoms with Crippen LogP contribution in [0.25, 0.3) is 0 Å². The van der Waals surface area contributed by atoms with E-state index in [1.165, 1.54) is 30.4 Å². The first kappa shape index (κ1) is 16.4. The molecule has 0 amide bonds. The Kier molecular flexibility index (Phi) is 6.61. The number of hydrogen-bond donors (Lipinski definition) is 2. The number of rotatable bonds is 7. The molecule has 1 saturated carbocycles. The minimum Gasteiger partial charge on any atom is -0.389 e. The molecule has 1 heterocycles. The number of ether oxygens (including phenoxy) is 1. The third-order valence-electron chi connectivity index (χ3n) is 4.37. The second-order valence-electron chi connectivity index (χ2n) is 6.22. The van der Waals surface area contributed by atoms with E-state index in [-0.39, 0.29) is 0 Å². The minimum atomic E-state index is -0.443. The van der Waals surface area contributed by atoms with Crippen LogP contribution in [0.3, 0.4) is 0 Å². The number of aryl methyl sites for hydroxylation is 1. The van der Waals surface area contributed by atoms with E-state index in [0.717, 1.165) is 13.0 Å². The molecule has 0 aliphatic heterocycles. The van der Waals surface area contributed by atoms with Gasteiger partial charge >= 0.3 is 0 Å². The highest BCUT2D eigenvalue weighted by Crippen LogP contribution is 2.26. The number of pyridine rings is 1. The van der Waals surface area contributed by atoms with Gasteiger partial charge in [0.15, 0.2) is 0 Å². The summed E-state index contributed by atoms with van der Waals surface area (Å²) >= 11 is 0. The van der Waals surface area contributed by atoms with E-state index < -0.39 is 6.10 Å². The van der Waals surface area contributed by atoms with E-state index in [2.05, 4.69) is 17.2 Å².